The van der Waals surface area contributed by atoms with Gasteiger partial charge in [-0.2, -0.15) is 13.2 Å². The zero-order valence-corrected chi connectivity index (χ0v) is 23.4. The predicted molar refractivity (Wildman–Crippen MR) is 148 cm³/mol. The predicted octanol–water partition coefficient (Wildman–Crippen LogP) is 4.23. The molecule has 1 saturated carbocycles. The molecule has 2 N–H and O–H groups in total. The number of amides is 1. The topological polar surface area (TPSA) is 120 Å². The molecule has 222 valence electrons. The highest BCUT2D eigenvalue weighted by Gasteiger charge is 2.39. The highest BCUT2D eigenvalue weighted by atomic mass is 35.5. The molecule has 0 radical (unpaired) electrons. The van der Waals surface area contributed by atoms with E-state index >= 15 is 0 Å². The summed E-state index contributed by atoms with van der Waals surface area (Å²) in [6.07, 6.45) is -2.38. The number of aliphatic hydroxyl groups is 1. The van der Waals surface area contributed by atoms with Crippen LogP contribution in [-0.2, 0) is 13.1 Å². The average Bonchev–Trinajstić information content (AvgIpc) is 3.55. The first-order valence-corrected chi connectivity index (χ1v) is 13.9. The number of rotatable bonds is 8. The minimum atomic E-state index is -4.94. The lowest BCUT2D eigenvalue weighted by atomic mass is 9.87. The van der Waals surface area contributed by atoms with E-state index < -0.39 is 24.5 Å². The van der Waals surface area contributed by atoms with Crippen molar-refractivity contribution in [3.8, 4) is 17.1 Å². The summed E-state index contributed by atoms with van der Waals surface area (Å²) in [4.78, 5) is 30.6. The summed E-state index contributed by atoms with van der Waals surface area (Å²) in [6.45, 7) is 0.888. The van der Waals surface area contributed by atoms with Crippen molar-refractivity contribution in [3.63, 3.8) is 0 Å². The van der Waals surface area contributed by atoms with Crippen molar-refractivity contribution in [2.24, 2.45) is 5.92 Å². The molecule has 0 spiro atoms. The summed E-state index contributed by atoms with van der Waals surface area (Å²) in [5.41, 5.74) is 0.322. The van der Waals surface area contributed by atoms with Crippen molar-refractivity contribution in [2.45, 2.75) is 64.0 Å². The SMILES string of the molecule is CC1CCC(NC(=O)c2ccccc2-n2cnc(Cn3nc(-c4ccc(Cl)cc4)n(CC(O)C(F)(F)F)c3=O)n2)CC1. The molecule has 1 atom stereocenters. The van der Waals surface area contributed by atoms with E-state index in [0.29, 0.717) is 27.8 Å². The van der Waals surface area contributed by atoms with Crippen molar-refractivity contribution >= 4 is 17.5 Å². The lowest BCUT2D eigenvalue weighted by Crippen LogP contribution is -2.37. The second-order valence-corrected chi connectivity index (χ2v) is 10.9. The molecule has 10 nitrogen and oxygen atoms in total. The minimum absolute atomic E-state index is 0.0847. The Labute approximate surface area is 243 Å². The maximum Gasteiger partial charge on any atom is 0.416 e. The molecule has 1 amide bonds. The number of hydrogen-bond acceptors (Lipinski definition) is 6. The summed E-state index contributed by atoms with van der Waals surface area (Å²) < 4.78 is 42.5. The molecule has 4 aromatic rings. The molecule has 42 heavy (non-hydrogen) atoms. The Hall–Kier alpha value is -3.97. The minimum Gasteiger partial charge on any atom is -0.382 e. The van der Waals surface area contributed by atoms with E-state index in [2.05, 4.69) is 27.4 Å². The van der Waals surface area contributed by atoms with Gasteiger partial charge in [0.25, 0.3) is 5.91 Å². The molecule has 2 heterocycles. The Morgan fingerprint density at radius 3 is 2.48 bits per heavy atom. The van der Waals surface area contributed by atoms with Gasteiger partial charge in [-0.1, -0.05) is 30.7 Å². The van der Waals surface area contributed by atoms with Gasteiger partial charge in [0.1, 0.15) is 12.9 Å². The normalized spacial score (nSPS) is 18.1. The largest absolute Gasteiger partial charge is 0.416 e. The maximum atomic E-state index is 13.2. The van der Waals surface area contributed by atoms with Crippen LogP contribution in [0.25, 0.3) is 17.1 Å². The second-order valence-electron chi connectivity index (χ2n) is 10.5. The third-order valence-electron chi connectivity index (χ3n) is 7.34. The number of nitrogens with zero attached hydrogens (tertiary/aromatic N) is 6. The zero-order chi connectivity index (χ0) is 30.0. The summed E-state index contributed by atoms with van der Waals surface area (Å²) >= 11 is 5.94. The number of para-hydroxylation sites is 1. The smallest absolute Gasteiger partial charge is 0.382 e. The first-order valence-electron chi connectivity index (χ1n) is 13.5. The van der Waals surface area contributed by atoms with Gasteiger partial charge in [0, 0.05) is 16.6 Å². The number of carbonyl (C=O) groups excluding carboxylic acids is 1. The number of nitrogens with one attached hydrogen (secondary N) is 1. The van der Waals surface area contributed by atoms with Crippen molar-refractivity contribution in [2.75, 3.05) is 0 Å². The fraction of sp³-hybridized carbons (Fsp3) is 0.393. The zero-order valence-electron chi connectivity index (χ0n) is 22.6. The van der Waals surface area contributed by atoms with Gasteiger partial charge in [0.15, 0.2) is 17.8 Å². The van der Waals surface area contributed by atoms with Gasteiger partial charge < -0.3 is 10.4 Å². The molecule has 1 aliphatic carbocycles. The van der Waals surface area contributed by atoms with E-state index in [0.717, 1.165) is 34.9 Å². The number of aromatic nitrogens is 6. The highest BCUT2D eigenvalue weighted by Crippen LogP contribution is 2.25. The van der Waals surface area contributed by atoms with Crippen LogP contribution in [0.3, 0.4) is 0 Å². The summed E-state index contributed by atoms with van der Waals surface area (Å²) in [6, 6.07) is 13.0. The van der Waals surface area contributed by atoms with E-state index in [4.69, 9.17) is 11.6 Å². The Balaban J connectivity index is 1.41. The number of halogens is 4. The van der Waals surface area contributed by atoms with Crippen molar-refractivity contribution in [1.29, 1.82) is 0 Å². The molecule has 5 rings (SSSR count). The molecular weight excluding hydrogens is 575 g/mol. The number of alkyl halides is 3. The average molecular weight is 604 g/mol. The molecule has 0 bridgehead atoms. The molecule has 1 unspecified atom stereocenters. The standard InChI is InChI=1S/C28H29ClF3N7O3/c1-17-6-12-20(13-7-17)34-26(41)21-4-2-3-5-22(21)39-16-33-24(35-39)15-38-27(42)37(14-23(40)28(30,31)32)25(36-38)18-8-10-19(29)11-9-18/h2-5,8-11,16-17,20,23,40H,6-7,12-15H2,1H3,(H,34,41). The van der Waals surface area contributed by atoms with Gasteiger partial charge in [-0.3, -0.25) is 9.36 Å². The van der Waals surface area contributed by atoms with Crippen LogP contribution in [0, 0.1) is 5.92 Å². The third kappa shape index (κ3) is 6.57. The van der Waals surface area contributed by atoms with Crippen molar-refractivity contribution in [3.05, 3.63) is 81.8 Å². The van der Waals surface area contributed by atoms with Crippen molar-refractivity contribution in [1.82, 2.24) is 34.4 Å². The maximum absolute atomic E-state index is 13.2. The molecule has 14 heteroatoms. The van der Waals surface area contributed by atoms with Crippen LogP contribution in [0.1, 0.15) is 48.8 Å². The monoisotopic (exact) mass is 603 g/mol. The number of hydrogen-bond donors (Lipinski definition) is 2. The molecular formula is C28H29ClF3N7O3. The van der Waals surface area contributed by atoms with E-state index in [1.54, 1.807) is 24.3 Å². The number of benzene rings is 2. The molecule has 1 fully saturated rings. The fourth-order valence-corrected chi connectivity index (χ4v) is 5.08. The Bertz CT molecular complexity index is 1610. The number of aliphatic hydroxyl groups excluding tert-OH is 1. The van der Waals surface area contributed by atoms with Crippen LogP contribution in [0.4, 0.5) is 13.2 Å². The van der Waals surface area contributed by atoms with Gasteiger partial charge in [-0.05, 0) is 68.0 Å². The van der Waals surface area contributed by atoms with E-state index in [9.17, 15) is 27.9 Å². The number of carbonyl (C=O) groups is 1. The van der Waals surface area contributed by atoms with Crippen LogP contribution >= 0.6 is 11.6 Å². The highest BCUT2D eigenvalue weighted by molar-refractivity contribution is 6.30. The van der Waals surface area contributed by atoms with Crippen molar-refractivity contribution < 1.29 is 23.1 Å². The van der Waals surface area contributed by atoms with Gasteiger partial charge in [0.2, 0.25) is 0 Å². The Kier molecular flexibility index (Phi) is 8.50. The van der Waals surface area contributed by atoms with E-state index in [-0.39, 0.29) is 30.1 Å². The first kappa shape index (κ1) is 29.5. The lowest BCUT2D eigenvalue weighted by Gasteiger charge is -2.27. The Morgan fingerprint density at radius 1 is 1.10 bits per heavy atom. The lowest BCUT2D eigenvalue weighted by molar-refractivity contribution is -0.207. The quantitative estimate of drug-likeness (QED) is 0.311. The molecule has 2 aromatic heterocycles. The summed E-state index contributed by atoms with van der Waals surface area (Å²) in [5, 5.41) is 21.8. The van der Waals surface area contributed by atoms with Crippen LogP contribution in [-0.4, -0.2) is 58.4 Å². The van der Waals surface area contributed by atoms with Gasteiger partial charge in [-0.15, -0.1) is 10.2 Å². The van der Waals surface area contributed by atoms with Gasteiger partial charge >= 0.3 is 11.9 Å². The fourth-order valence-electron chi connectivity index (χ4n) is 4.95. The first-order chi connectivity index (χ1) is 20.0. The summed E-state index contributed by atoms with van der Waals surface area (Å²) in [5.74, 6) is 0.471. The van der Waals surface area contributed by atoms with Gasteiger partial charge in [-0.25, -0.2) is 19.1 Å². The second kappa shape index (κ2) is 12.1. The van der Waals surface area contributed by atoms with Crippen LogP contribution in [0.5, 0.6) is 0 Å². The van der Waals surface area contributed by atoms with Crippen LogP contribution < -0.4 is 11.0 Å². The molecule has 1 aliphatic rings. The van der Waals surface area contributed by atoms with E-state index in [1.807, 2.05) is 0 Å². The van der Waals surface area contributed by atoms with E-state index in [1.165, 1.54) is 35.3 Å². The van der Waals surface area contributed by atoms with Crippen LogP contribution in [0.2, 0.25) is 5.02 Å². The summed E-state index contributed by atoms with van der Waals surface area (Å²) in [7, 11) is 0. The third-order valence-corrected chi connectivity index (χ3v) is 7.59. The molecule has 0 aliphatic heterocycles. The Morgan fingerprint density at radius 2 is 1.79 bits per heavy atom. The van der Waals surface area contributed by atoms with Gasteiger partial charge in [0.05, 0.1) is 17.8 Å². The molecule has 0 saturated heterocycles. The molecule has 2 aromatic carbocycles. The van der Waals surface area contributed by atoms with Crippen LogP contribution in [0.15, 0.2) is 59.7 Å².